The van der Waals surface area contributed by atoms with E-state index in [2.05, 4.69) is 10.6 Å². The standard InChI is InChI=1S/C12H15N3OS/c1-17-11-5-2-4-10(8-11)15-9-12(16)14-7-3-6-13/h2,4-5,8,15H,3,7,9H2,1H3,(H,14,16). The van der Waals surface area contributed by atoms with Crippen LogP contribution in [0.25, 0.3) is 0 Å². The molecule has 1 aromatic carbocycles. The molecule has 0 aliphatic carbocycles. The van der Waals surface area contributed by atoms with Gasteiger partial charge in [-0.2, -0.15) is 5.26 Å². The maximum Gasteiger partial charge on any atom is 0.239 e. The smallest absolute Gasteiger partial charge is 0.239 e. The van der Waals surface area contributed by atoms with Gasteiger partial charge in [0.2, 0.25) is 5.91 Å². The Morgan fingerprint density at radius 3 is 3.06 bits per heavy atom. The molecule has 5 heteroatoms. The van der Waals surface area contributed by atoms with Gasteiger partial charge in [-0.05, 0) is 24.5 Å². The number of nitriles is 1. The lowest BCUT2D eigenvalue weighted by atomic mass is 10.3. The zero-order valence-corrected chi connectivity index (χ0v) is 10.5. The Morgan fingerprint density at radius 2 is 2.35 bits per heavy atom. The number of nitrogens with zero attached hydrogens (tertiary/aromatic N) is 1. The van der Waals surface area contributed by atoms with E-state index in [9.17, 15) is 4.79 Å². The summed E-state index contributed by atoms with van der Waals surface area (Å²) in [6, 6.07) is 9.85. The summed E-state index contributed by atoms with van der Waals surface area (Å²) >= 11 is 1.66. The van der Waals surface area contributed by atoms with Gasteiger partial charge in [0.05, 0.1) is 19.0 Å². The molecule has 0 heterocycles. The number of benzene rings is 1. The summed E-state index contributed by atoms with van der Waals surface area (Å²) in [4.78, 5) is 12.5. The van der Waals surface area contributed by atoms with Crippen molar-refractivity contribution in [2.24, 2.45) is 0 Å². The molecule has 0 radical (unpaired) electrons. The Balaban J connectivity index is 2.34. The number of rotatable bonds is 6. The van der Waals surface area contributed by atoms with Gasteiger partial charge in [0.15, 0.2) is 0 Å². The van der Waals surface area contributed by atoms with Gasteiger partial charge in [-0.15, -0.1) is 11.8 Å². The molecule has 1 rings (SSSR count). The lowest BCUT2D eigenvalue weighted by Gasteiger charge is -2.07. The van der Waals surface area contributed by atoms with Crippen LogP contribution in [0.2, 0.25) is 0 Å². The second kappa shape index (κ2) is 7.58. The minimum Gasteiger partial charge on any atom is -0.376 e. The van der Waals surface area contributed by atoms with E-state index in [1.807, 2.05) is 36.6 Å². The molecule has 0 saturated heterocycles. The summed E-state index contributed by atoms with van der Waals surface area (Å²) in [5, 5.41) is 14.0. The summed E-state index contributed by atoms with van der Waals surface area (Å²) in [5.41, 5.74) is 0.923. The van der Waals surface area contributed by atoms with Crippen LogP contribution in [-0.4, -0.2) is 25.3 Å². The average molecular weight is 249 g/mol. The highest BCUT2D eigenvalue weighted by atomic mass is 32.2. The number of thioether (sulfide) groups is 1. The molecule has 1 amide bonds. The zero-order chi connectivity index (χ0) is 12.5. The van der Waals surface area contributed by atoms with Crippen LogP contribution in [-0.2, 0) is 4.79 Å². The van der Waals surface area contributed by atoms with Gasteiger partial charge < -0.3 is 10.6 Å². The van der Waals surface area contributed by atoms with Gasteiger partial charge in [0.25, 0.3) is 0 Å². The van der Waals surface area contributed by atoms with Crippen molar-refractivity contribution in [3.8, 4) is 6.07 Å². The molecule has 1 aromatic rings. The molecule has 4 nitrogen and oxygen atoms in total. The van der Waals surface area contributed by atoms with Crippen LogP contribution in [0.3, 0.4) is 0 Å². The molecule has 0 saturated carbocycles. The first kappa shape index (κ1) is 13.4. The van der Waals surface area contributed by atoms with Crippen LogP contribution in [0.5, 0.6) is 0 Å². The van der Waals surface area contributed by atoms with E-state index in [-0.39, 0.29) is 12.5 Å². The lowest BCUT2D eigenvalue weighted by Crippen LogP contribution is -2.30. The molecule has 0 fully saturated rings. The fourth-order valence-electron chi connectivity index (χ4n) is 1.24. The summed E-state index contributed by atoms with van der Waals surface area (Å²) in [6.45, 7) is 0.630. The first-order valence-electron chi connectivity index (χ1n) is 5.28. The Hall–Kier alpha value is -1.67. The minimum absolute atomic E-state index is 0.102. The predicted octanol–water partition coefficient (Wildman–Crippen LogP) is 1.85. The van der Waals surface area contributed by atoms with Crippen LogP contribution in [0.15, 0.2) is 29.2 Å². The van der Waals surface area contributed by atoms with Crippen LogP contribution in [0, 0.1) is 11.3 Å². The summed E-state index contributed by atoms with van der Waals surface area (Å²) in [7, 11) is 0. The summed E-state index contributed by atoms with van der Waals surface area (Å²) in [5.74, 6) is -0.102. The molecule has 0 aliphatic heterocycles. The predicted molar refractivity (Wildman–Crippen MR) is 70.0 cm³/mol. The molecule has 0 spiro atoms. The third kappa shape index (κ3) is 5.27. The topological polar surface area (TPSA) is 64.9 Å². The van der Waals surface area contributed by atoms with Crippen molar-refractivity contribution in [1.82, 2.24) is 5.32 Å². The van der Waals surface area contributed by atoms with Crippen molar-refractivity contribution in [3.05, 3.63) is 24.3 Å². The number of carbonyl (C=O) groups excluding carboxylic acids is 1. The Morgan fingerprint density at radius 1 is 1.53 bits per heavy atom. The quantitative estimate of drug-likeness (QED) is 0.596. The van der Waals surface area contributed by atoms with Crippen molar-refractivity contribution >= 4 is 23.4 Å². The van der Waals surface area contributed by atoms with Gasteiger partial charge in [0, 0.05) is 17.1 Å². The van der Waals surface area contributed by atoms with E-state index in [0.717, 1.165) is 10.6 Å². The van der Waals surface area contributed by atoms with Crippen molar-refractivity contribution < 1.29 is 4.79 Å². The molecular weight excluding hydrogens is 234 g/mol. The van der Waals surface area contributed by atoms with Gasteiger partial charge in [0.1, 0.15) is 0 Å². The lowest BCUT2D eigenvalue weighted by molar-refractivity contribution is -0.119. The highest BCUT2D eigenvalue weighted by molar-refractivity contribution is 7.98. The molecule has 17 heavy (non-hydrogen) atoms. The largest absolute Gasteiger partial charge is 0.376 e. The zero-order valence-electron chi connectivity index (χ0n) is 9.69. The summed E-state index contributed by atoms with van der Waals surface area (Å²) < 4.78 is 0. The van der Waals surface area contributed by atoms with E-state index >= 15 is 0 Å². The number of carbonyl (C=O) groups is 1. The van der Waals surface area contributed by atoms with Gasteiger partial charge >= 0.3 is 0 Å². The van der Waals surface area contributed by atoms with Crippen LogP contribution in [0.1, 0.15) is 6.42 Å². The number of hydrogen-bond donors (Lipinski definition) is 2. The van der Waals surface area contributed by atoms with Gasteiger partial charge in [-0.1, -0.05) is 6.07 Å². The maximum atomic E-state index is 11.4. The first-order valence-corrected chi connectivity index (χ1v) is 6.50. The second-order valence-corrected chi connectivity index (χ2v) is 4.22. The van der Waals surface area contributed by atoms with Crippen molar-refractivity contribution in [1.29, 1.82) is 5.26 Å². The first-order chi connectivity index (χ1) is 8.26. The molecule has 0 aliphatic rings. The number of anilines is 1. The van der Waals surface area contributed by atoms with Gasteiger partial charge in [-0.25, -0.2) is 0 Å². The van der Waals surface area contributed by atoms with Gasteiger partial charge in [-0.3, -0.25) is 4.79 Å². The number of nitrogens with one attached hydrogen (secondary N) is 2. The Kier molecular flexibility index (Phi) is 5.97. The molecule has 0 aromatic heterocycles. The molecule has 2 N–H and O–H groups in total. The van der Waals surface area contributed by atoms with E-state index in [4.69, 9.17) is 5.26 Å². The molecule has 0 unspecified atom stereocenters. The molecular formula is C12H15N3OS. The third-order valence-corrected chi connectivity index (χ3v) is 2.81. The normalized spacial score (nSPS) is 9.41. The SMILES string of the molecule is CSc1cccc(NCC(=O)NCCC#N)c1. The third-order valence-electron chi connectivity index (χ3n) is 2.08. The van der Waals surface area contributed by atoms with E-state index < -0.39 is 0 Å². The van der Waals surface area contributed by atoms with Crippen LogP contribution < -0.4 is 10.6 Å². The van der Waals surface area contributed by atoms with Crippen LogP contribution >= 0.6 is 11.8 Å². The van der Waals surface area contributed by atoms with E-state index in [0.29, 0.717) is 13.0 Å². The number of hydrogen-bond acceptors (Lipinski definition) is 4. The Bertz CT molecular complexity index is 414. The van der Waals surface area contributed by atoms with E-state index in [1.165, 1.54) is 0 Å². The van der Waals surface area contributed by atoms with Crippen molar-refractivity contribution in [2.45, 2.75) is 11.3 Å². The molecule has 0 bridgehead atoms. The van der Waals surface area contributed by atoms with Crippen LogP contribution in [0.4, 0.5) is 5.69 Å². The monoisotopic (exact) mass is 249 g/mol. The van der Waals surface area contributed by atoms with E-state index in [1.54, 1.807) is 11.8 Å². The maximum absolute atomic E-state index is 11.4. The fraction of sp³-hybridized carbons (Fsp3) is 0.333. The highest BCUT2D eigenvalue weighted by Gasteiger charge is 2.00. The Labute approximate surface area is 105 Å². The second-order valence-electron chi connectivity index (χ2n) is 3.34. The summed E-state index contributed by atoms with van der Waals surface area (Å²) in [6.07, 6.45) is 2.35. The fourth-order valence-corrected chi connectivity index (χ4v) is 1.70. The minimum atomic E-state index is -0.102. The average Bonchev–Trinajstić information content (AvgIpc) is 2.37. The molecule has 90 valence electrons. The number of amides is 1. The molecule has 0 atom stereocenters. The van der Waals surface area contributed by atoms with Crippen molar-refractivity contribution in [3.63, 3.8) is 0 Å². The highest BCUT2D eigenvalue weighted by Crippen LogP contribution is 2.18. The van der Waals surface area contributed by atoms with Crippen molar-refractivity contribution in [2.75, 3.05) is 24.7 Å².